The Morgan fingerprint density at radius 2 is 1.50 bits per heavy atom. The molecule has 12 nitrogen and oxygen atoms in total. The highest BCUT2D eigenvalue weighted by molar-refractivity contribution is 7.98. The normalized spacial score (nSPS) is 14.1. The van der Waals surface area contributed by atoms with Gasteiger partial charge in [0.1, 0.15) is 23.9 Å². The number of carbonyl (C=O) groups excluding carboxylic acids is 4. The van der Waals surface area contributed by atoms with Gasteiger partial charge in [-0.15, -0.1) is 0 Å². The SMILES string of the molecule is CSCCC(NC(=O)C(N)Cc1ccc(O)cc1)C(=O)NC(CS)C(=O)NC(CCC(N)=O)C(=O)O. The van der Waals surface area contributed by atoms with Crippen LogP contribution in [0.5, 0.6) is 5.75 Å². The van der Waals surface area contributed by atoms with E-state index in [-0.39, 0.29) is 37.2 Å². The summed E-state index contributed by atoms with van der Waals surface area (Å²) in [5, 5.41) is 26.0. The zero-order valence-electron chi connectivity index (χ0n) is 19.8. The molecule has 0 radical (unpaired) electrons. The Balaban J connectivity index is 2.82. The van der Waals surface area contributed by atoms with Gasteiger partial charge in [-0.05, 0) is 49.0 Å². The zero-order valence-corrected chi connectivity index (χ0v) is 21.5. The number of phenols is 1. The van der Waals surface area contributed by atoms with Crippen LogP contribution in [0.3, 0.4) is 0 Å². The number of amides is 4. The predicted molar refractivity (Wildman–Crippen MR) is 138 cm³/mol. The van der Waals surface area contributed by atoms with Crippen LogP contribution >= 0.6 is 24.4 Å². The quantitative estimate of drug-likeness (QED) is 0.117. The van der Waals surface area contributed by atoms with Gasteiger partial charge in [-0.3, -0.25) is 19.2 Å². The van der Waals surface area contributed by atoms with Crippen molar-refractivity contribution in [1.82, 2.24) is 16.0 Å². The van der Waals surface area contributed by atoms with Crippen LogP contribution in [0.2, 0.25) is 0 Å². The number of thiol groups is 1. The van der Waals surface area contributed by atoms with E-state index in [1.807, 2.05) is 6.26 Å². The van der Waals surface area contributed by atoms with Gasteiger partial charge in [0.15, 0.2) is 0 Å². The van der Waals surface area contributed by atoms with Gasteiger partial charge in [-0.2, -0.15) is 24.4 Å². The minimum atomic E-state index is -1.38. The Bertz CT molecular complexity index is 917. The highest BCUT2D eigenvalue weighted by Gasteiger charge is 2.29. The number of hydrogen-bond acceptors (Lipinski definition) is 9. The van der Waals surface area contributed by atoms with E-state index in [4.69, 9.17) is 11.5 Å². The molecule has 1 rings (SSSR count). The van der Waals surface area contributed by atoms with Crippen molar-refractivity contribution in [1.29, 1.82) is 0 Å². The molecule has 14 heteroatoms. The molecule has 0 aromatic heterocycles. The zero-order chi connectivity index (χ0) is 27.3. The van der Waals surface area contributed by atoms with Crippen LogP contribution in [0.25, 0.3) is 0 Å². The number of phenolic OH excluding ortho intramolecular Hbond substituents is 1. The summed E-state index contributed by atoms with van der Waals surface area (Å²) in [5.41, 5.74) is 11.8. The topological polar surface area (TPSA) is 214 Å². The standard InChI is InChI=1S/C22H33N5O7S2/c1-36-9-8-15(25-19(30)14(23)10-12-2-4-13(28)5-3-12)20(31)27-17(11-35)21(32)26-16(22(33)34)6-7-18(24)29/h2-5,14-17,28,35H,6-11,23H2,1H3,(H2,24,29)(H,25,30)(H,26,32)(H,27,31)(H,33,34). The van der Waals surface area contributed by atoms with Crippen LogP contribution in [0.1, 0.15) is 24.8 Å². The van der Waals surface area contributed by atoms with E-state index in [1.54, 1.807) is 12.1 Å². The molecule has 200 valence electrons. The van der Waals surface area contributed by atoms with Crippen molar-refractivity contribution < 1.29 is 34.2 Å². The van der Waals surface area contributed by atoms with E-state index in [2.05, 4.69) is 28.6 Å². The monoisotopic (exact) mass is 543 g/mol. The summed E-state index contributed by atoms with van der Waals surface area (Å²) in [4.78, 5) is 60.5. The molecule has 1 aromatic carbocycles. The third-order valence-corrected chi connectivity index (χ3v) is 6.09. The van der Waals surface area contributed by atoms with Gasteiger partial charge in [0.25, 0.3) is 0 Å². The summed E-state index contributed by atoms with van der Waals surface area (Å²) in [6.07, 6.45) is 1.79. The first-order chi connectivity index (χ1) is 17.0. The van der Waals surface area contributed by atoms with E-state index in [1.165, 1.54) is 23.9 Å². The highest BCUT2D eigenvalue weighted by Crippen LogP contribution is 2.11. The number of carbonyl (C=O) groups is 5. The Morgan fingerprint density at radius 3 is 2.03 bits per heavy atom. The predicted octanol–water partition coefficient (Wildman–Crippen LogP) is -1.25. The molecule has 4 atom stereocenters. The maximum Gasteiger partial charge on any atom is 0.326 e. The molecule has 0 saturated heterocycles. The van der Waals surface area contributed by atoms with Gasteiger partial charge in [0, 0.05) is 12.2 Å². The highest BCUT2D eigenvalue weighted by atomic mass is 32.2. The molecule has 0 heterocycles. The Morgan fingerprint density at radius 1 is 0.944 bits per heavy atom. The molecule has 0 aliphatic rings. The Labute approximate surface area is 218 Å². The maximum atomic E-state index is 12.9. The number of thioether (sulfide) groups is 1. The molecule has 36 heavy (non-hydrogen) atoms. The molecule has 0 saturated carbocycles. The number of carboxylic acid groups (broad SMARTS) is 1. The van der Waals surface area contributed by atoms with Gasteiger partial charge in [0.05, 0.1) is 6.04 Å². The molecule has 0 aliphatic heterocycles. The van der Waals surface area contributed by atoms with Crippen molar-refractivity contribution in [2.45, 2.75) is 49.9 Å². The molecule has 9 N–H and O–H groups in total. The summed E-state index contributed by atoms with van der Waals surface area (Å²) in [5.74, 6) is -3.67. The Hall–Kier alpha value is -2.97. The molecular formula is C22H33N5O7S2. The molecule has 1 aromatic rings. The maximum absolute atomic E-state index is 12.9. The first-order valence-corrected chi connectivity index (χ1v) is 13.1. The number of benzene rings is 1. The van der Waals surface area contributed by atoms with E-state index < -0.39 is 53.8 Å². The van der Waals surface area contributed by atoms with Gasteiger partial charge in [-0.1, -0.05) is 12.1 Å². The van der Waals surface area contributed by atoms with Crippen LogP contribution in [-0.4, -0.2) is 81.7 Å². The smallest absolute Gasteiger partial charge is 0.326 e. The number of primary amides is 1. The molecule has 0 aliphatic carbocycles. The third kappa shape index (κ3) is 11.2. The summed E-state index contributed by atoms with van der Waals surface area (Å²) in [6.45, 7) is 0. The lowest BCUT2D eigenvalue weighted by Crippen LogP contribution is -2.58. The van der Waals surface area contributed by atoms with Crippen LogP contribution < -0.4 is 27.4 Å². The number of aliphatic carboxylic acids is 1. The van der Waals surface area contributed by atoms with E-state index in [9.17, 15) is 34.2 Å². The number of rotatable bonds is 16. The number of hydrogen-bond donors (Lipinski definition) is 8. The second-order valence-corrected chi connectivity index (χ2v) is 9.32. The molecule has 0 fully saturated rings. The van der Waals surface area contributed by atoms with Crippen molar-refractivity contribution in [2.24, 2.45) is 11.5 Å². The van der Waals surface area contributed by atoms with Gasteiger partial charge >= 0.3 is 5.97 Å². The summed E-state index contributed by atoms with van der Waals surface area (Å²) < 4.78 is 0. The van der Waals surface area contributed by atoms with E-state index >= 15 is 0 Å². The average molecular weight is 544 g/mol. The fraction of sp³-hybridized carbons (Fsp3) is 0.500. The van der Waals surface area contributed by atoms with Crippen LogP contribution in [0.4, 0.5) is 0 Å². The second kappa shape index (κ2) is 15.9. The molecule has 4 unspecified atom stereocenters. The van der Waals surface area contributed by atoms with Crippen molar-refractivity contribution >= 4 is 54.0 Å². The van der Waals surface area contributed by atoms with Crippen LogP contribution in [-0.2, 0) is 30.4 Å². The van der Waals surface area contributed by atoms with E-state index in [0.29, 0.717) is 5.75 Å². The fourth-order valence-electron chi connectivity index (χ4n) is 3.04. The van der Waals surface area contributed by atoms with Gasteiger partial charge in [0.2, 0.25) is 23.6 Å². The minimum absolute atomic E-state index is 0.0795. The Kier molecular flexibility index (Phi) is 13.7. The fourth-order valence-corrected chi connectivity index (χ4v) is 3.77. The number of nitrogens with two attached hydrogens (primary N) is 2. The van der Waals surface area contributed by atoms with Crippen molar-refractivity contribution in [3.8, 4) is 5.75 Å². The molecule has 4 amide bonds. The number of carboxylic acids is 1. The van der Waals surface area contributed by atoms with E-state index in [0.717, 1.165) is 5.56 Å². The van der Waals surface area contributed by atoms with Gasteiger partial charge in [-0.25, -0.2) is 4.79 Å². The average Bonchev–Trinajstić information content (AvgIpc) is 2.83. The van der Waals surface area contributed by atoms with Crippen molar-refractivity contribution in [2.75, 3.05) is 17.8 Å². The summed E-state index contributed by atoms with van der Waals surface area (Å²) in [6, 6.07) is 1.65. The number of aromatic hydroxyl groups is 1. The van der Waals surface area contributed by atoms with Crippen molar-refractivity contribution in [3.63, 3.8) is 0 Å². The lowest BCUT2D eigenvalue weighted by molar-refractivity contribution is -0.142. The summed E-state index contributed by atoms with van der Waals surface area (Å²) >= 11 is 5.52. The van der Waals surface area contributed by atoms with Gasteiger partial charge < -0.3 is 37.6 Å². The summed E-state index contributed by atoms with van der Waals surface area (Å²) in [7, 11) is 0. The molecule has 0 bridgehead atoms. The number of nitrogens with one attached hydrogen (secondary N) is 3. The van der Waals surface area contributed by atoms with Crippen LogP contribution in [0, 0.1) is 0 Å². The first kappa shape index (κ1) is 31.1. The second-order valence-electron chi connectivity index (χ2n) is 7.97. The van der Waals surface area contributed by atoms with Crippen LogP contribution in [0.15, 0.2) is 24.3 Å². The largest absolute Gasteiger partial charge is 0.508 e. The lowest BCUT2D eigenvalue weighted by atomic mass is 10.0. The molecule has 0 spiro atoms. The minimum Gasteiger partial charge on any atom is -0.508 e. The molecular weight excluding hydrogens is 510 g/mol. The first-order valence-electron chi connectivity index (χ1n) is 11.0. The van der Waals surface area contributed by atoms with Crippen molar-refractivity contribution in [3.05, 3.63) is 29.8 Å². The third-order valence-electron chi connectivity index (χ3n) is 5.08. The lowest BCUT2D eigenvalue weighted by Gasteiger charge is -2.24.